The SMILES string of the molecule is CN/C=C(\C(C)=N)C(=N)/C=C\C(=N)NCC1CC12CCNCC2. The minimum absolute atomic E-state index is 0.236. The quantitative estimate of drug-likeness (QED) is 0.318. The van der Waals surface area contributed by atoms with E-state index in [2.05, 4.69) is 16.0 Å². The Morgan fingerprint density at radius 3 is 2.52 bits per heavy atom. The van der Waals surface area contributed by atoms with Gasteiger partial charge in [-0.1, -0.05) is 0 Å². The second-order valence-corrected chi connectivity index (χ2v) is 6.53. The van der Waals surface area contributed by atoms with Gasteiger partial charge in [-0.3, -0.25) is 5.41 Å². The smallest absolute Gasteiger partial charge is 0.118 e. The number of nitrogens with one attached hydrogen (secondary N) is 6. The molecule has 1 saturated heterocycles. The van der Waals surface area contributed by atoms with E-state index >= 15 is 0 Å². The van der Waals surface area contributed by atoms with E-state index in [1.807, 2.05) is 0 Å². The van der Waals surface area contributed by atoms with E-state index < -0.39 is 0 Å². The first-order chi connectivity index (χ1) is 11.0. The zero-order valence-electron chi connectivity index (χ0n) is 14.1. The maximum Gasteiger partial charge on any atom is 0.118 e. The molecule has 0 aromatic carbocycles. The van der Waals surface area contributed by atoms with Crippen LogP contribution in [0.1, 0.15) is 26.2 Å². The van der Waals surface area contributed by atoms with Crippen LogP contribution in [-0.2, 0) is 0 Å². The van der Waals surface area contributed by atoms with Crippen LogP contribution < -0.4 is 16.0 Å². The van der Waals surface area contributed by atoms with E-state index in [1.54, 1.807) is 32.3 Å². The summed E-state index contributed by atoms with van der Waals surface area (Å²) in [4.78, 5) is 0. The molecule has 0 bridgehead atoms. The number of hydrogen-bond acceptors (Lipinski definition) is 5. The molecule has 1 aliphatic carbocycles. The van der Waals surface area contributed by atoms with Gasteiger partial charge in [0.2, 0.25) is 0 Å². The van der Waals surface area contributed by atoms with Crippen LogP contribution in [0.15, 0.2) is 23.9 Å². The van der Waals surface area contributed by atoms with Crippen molar-refractivity contribution in [1.82, 2.24) is 16.0 Å². The predicted octanol–water partition coefficient (Wildman–Crippen LogP) is 1.66. The molecule has 6 nitrogen and oxygen atoms in total. The molecule has 0 aromatic heterocycles. The molecule has 126 valence electrons. The molecule has 6 N–H and O–H groups in total. The highest BCUT2D eigenvalue weighted by Crippen LogP contribution is 2.58. The number of piperidine rings is 1. The molecule has 1 heterocycles. The first-order valence-corrected chi connectivity index (χ1v) is 8.21. The first-order valence-electron chi connectivity index (χ1n) is 8.21. The van der Waals surface area contributed by atoms with Crippen molar-refractivity contribution < 1.29 is 0 Å². The summed E-state index contributed by atoms with van der Waals surface area (Å²) in [5, 5.41) is 33.0. The van der Waals surface area contributed by atoms with E-state index in [1.165, 1.54) is 19.3 Å². The summed E-state index contributed by atoms with van der Waals surface area (Å²) in [5.41, 5.74) is 1.63. The lowest BCUT2D eigenvalue weighted by molar-refractivity contribution is 0.322. The van der Waals surface area contributed by atoms with Crippen molar-refractivity contribution in [3.05, 3.63) is 23.9 Å². The lowest BCUT2D eigenvalue weighted by Crippen LogP contribution is -2.32. The monoisotopic (exact) mass is 316 g/mol. The summed E-state index contributed by atoms with van der Waals surface area (Å²) >= 11 is 0. The maximum absolute atomic E-state index is 7.99. The van der Waals surface area contributed by atoms with E-state index in [0.717, 1.165) is 19.6 Å². The van der Waals surface area contributed by atoms with Crippen molar-refractivity contribution in [3.63, 3.8) is 0 Å². The standard InChI is InChI=1S/C17H28N6/c1-12(18)14(11-21-2)15(19)3-4-16(20)23-10-13-9-17(13)5-7-22-8-6-17/h3-4,11,13,18-19,21-22H,5-10H2,1-2H3,(H2,20,23)/b4-3-,14-11+,18-12?,19-15?. The molecule has 2 rings (SSSR count). The average Bonchev–Trinajstić information content (AvgIpc) is 3.20. The van der Waals surface area contributed by atoms with Crippen LogP contribution in [0, 0.1) is 27.6 Å². The van der Waals surface area contributed by atoms with Crippen molar-refractivity contribution in [2.24, 2.45) is 11.3 Å². The Kier molecular flexibility index (Phi) is 5.71. The summed E-state index contributed by atoms with van der Waals surface area (Å²) in [7, 11) is 1.75. The molecule has 23 heavy (non-hydrogen) atoms. The Morgan fingerprint density at radius 1 is 1.22 bits per heavy atom. The minimum Gasteiger partial charge on any atom is -0.393 e. The fourth-order valence-corrected chi connectivity index (χ4v) is 3.34. The molecule has 1 saturated carbocycles. The molecule has 1 unspecified atom stereocenters. The van der Waals surface area contributed by atoms with Crippen LogP contribution in [0.25, 0.3) is 0 Å². The van der Waals surface area contributed by atoms with Gasteiger partial charge in [-0.25, -0.2) is 0 Å². The zero-order chi connectivity index (χ0) is 16.9. The van der Waals surface area contributed by atoms with Gasteiger partial charge in [0.25, 0.3) is 0 Å². The van der Waals surface area contributed by atoms with Crippen molar-refractivity contribution in [2.75, 3.05) is 26.7 Å². The molecule has 2 aliphatic rings. The Balaban J connectivity index is 1.77. The molecule has 2 fully saturated rings. The molecular formula is C17H28N6. The summed E-state index contributed by atoms with van der Waals surface area (Å²) in [5.74, 6) is 1.01. The Bertz CT molecular complexity index is 539. The van der Waals surface area contributed by atoms with Gasteiger partial charge in [0.15, 0.2) is 0 Å². The van der Waals surface area contributed by atoms with Crippen molar-refractivity contribution in [1.29, 1.82) is 16.2 Å². The summed E-state index contributed by atoms with van der Waals surface area (Å²) in [6.07, 6.45) is 8.59. The molecule has 1 atom stereocenters. The van der Waals surface area contributed by atoms with Crippen LogP contribution in [0.5, 0.6) is 0 Å². The summed E-state index contributed by atoms with van der Waals surface area (Å²) in [6.45, 7) is 4.74. The highest BCUT2D eigenvalue weighted by molar-refractivity contribution is 6.26. The normalized spacial score (nSPS) is 22.9. The summed E-state index contributed by atoms with van der Waals surface area (Å²) in [6, 6.07) is 0. The number of hydrogen-bond donors (Lipinski definition) is 6. The maximum atomic E-state index is 7.99. The van der Waals surface area contributed by atoms with Crippen molar-refractivity contribution >= 4 is 17.3 Å². The number of rotatable bonds is 7. The number of amidine groups is 1. The van der Waals surface area contributed by atoms with Gasteiger partial charge < -0.3 is 26.8 Å². The van der Waals surface area contributed by atoms with Gasteiger partial charge in [0.05, 0.1) is 5.71 Å². The van der Waals surface area contributed by atoms with Crippen molar-refractivity contribution in [2.45, 2.75) is 26.2 Å². The van der Waals surface area contributed by atoms with E-state index in [4.69, 9.17) is 16.2 Å². The zero-order valence-corrected chi connectivity index (χ0v) is 14.1. The van der Waals surface area contributed by atoms with Gasteiger partial charge in [0.1, 0.15) is 5.84 Å². The predicted molar refractivity (Wildman–Crippen MR) is 95.8 cm³/mol. The second kappa shape index (κ2) is 7.55. The van der Waals surface area contributed by atoms with Gasteiger partial charge in [-0.2, -0.15) is 0 Å². The Hall–Kier alpha value is -1.95. The van der Waals surface area contributed by atoms with Gasteiger partial charge >= 0.3 is 0 Å². The third-order valence-corrected chi connectivity index (χ3v) is 4.90. The van der Waals surface area contributed by atoms with Crippen LogP contribution in [0.4, 0.5) is 0 Å². The topological polar surface area (TPSA) is 108 Å². The lowest BCUT2D eigenvalue weighted by Gasteiger charge is -2.23. The third kappa shape index (κ3) is 4.51. The van der Waals surface area contributed by atoms with Crippen LogP contribution >= 0.6 is 0 Å². The third-order valence-electron chi connectivity index (χ3n) is 4.90. The van der Waals surface area contributed by atoms with Gasteiger partial charge in [0, 0.05) is 31.1 Å². The van der Waals surface area contributed by atoms with E-state index in [-0.39, 0.29) is 5.71 Å². The number of allylic oxidation sites excluding steroid dienone is 2. The molecular weight excluding hydrogens is 288 g/mol. The molecule has 0 radical (unpaired) electrons. The second-order valence-electron chi connectivity index (χ2n) is 6.53. The minimum atomic E-state index is 0.236. The molecule has 1 spiro atoms. The van der Waals surface area contributed by atoms with Crippen LogP contribution in [0.2, 0.25) is 0 Å². The average molecular weight is 316 g/mol. The highest BCUT2D eigenvalue weighted by Gasteiger charge is 2.53. The molecule has 0 amide bonds. The largest absolute Gasteiger partial charge is 0.393 e. The highest BCUT2D eigenvalue weighted by atomic mass is 15.0. The lowest BCUT2D eigenvalue weighted by atomic mass is 9.92. The van der Waals surface area contributed by atoms with Crippen molar-refractivity contribution in [3.8, 4) is 0 Å². The van der Waals surface area contributed by atoms with E-state index in [9.17, 15) is 0 Å². The van der Waals surface area contributed by atoms with E-state index in [0.29, 0.717) is 28.5 Å². The van der Waals surface area contributed by atoms with Gasteiger partial charge in [-0.05, 0) is 62.8 Å². The van der Waals surface area contributed by atoms with Crippen LogP contribution in [-0.4, -0.2) is 43.9 Å². The van der Waals surface area contributed by atoms with Crippen LogP contribution in [0.3, 0.4) is 0 Å². The fourth-order valence-electron chi connectivity index (χ4n) is 3.34. The summed E-state index contributed by atoms with van der Waals surface area (Å²) < 4.78 is 0. The fraction of sp³-hybridized carbons (Fsp3) is 0.588. The Morgan fingerprint density at radius 2 is 1.91 bits per heavy atom. The molecule has 6 heteroatoms. The first kappa shape index (κ1) is 17.4. The molecule has 0 aromatic rings. The molecule has 1 aliphatic heterocycles. The van der Waals surface area contributed by atoms with Gasteiger partial charge in [-0.15, -0.1) is 0 Å². The Labute approximate surface area is 138 Å².